The number of ether oxygens (including phenoxy) is 4. The lowest BCUT2D eigenvalue weighted by atomic mass is 10.3. The molecule has 0 saturated carbocycles. The summed E-state index contributed by atoms with van der Waals surface area (Å²) >= 11 is 0. The fourth-order valence-electron chi connectivity index (χ4n) is 2.35. The van der Waals surface area contributed by atoms with Crippen LogP contribution in [0.15, 0.2) is 25.7 Å². The van der Waals surface area contributed by atoms with E-state index >= 15 is 0 Å². The van der Waals surface area contributed by atoms with Gasteiger partial charge in [-0.1, -0.05) is 13.2 Å². The van der Waals surface area contributed by atoms with Gasteiger partial charge in [-0.15, -0.1) is 0 Å². The average molecular weight is 426 g/mol. The molecular formula is C20H30N2O8. The summed E-state index contributed by atoms with van der Waals surface area (Å²) in [6.45, 7) is 8.51. The molecule has 2 amide bonds. The first-order valence-corrected chi connectivity index (χ1v) is 9.83. The highest BCUT2D eigenvalue weighted by molar-refractivity contribution is 5.97. The first-order chi connectivity index (χ1) is 14.5. The van der Waals surface area contributed by atoms with Gasteiger partial charge in [0.2, 0.25) is 11.8 Å². The molecule has 0 aromatic carbocycles. The third-order valence-corrected chi connectivity index (χ3v) is 3.94. The molecule has 10 heteroatoms. The van der Waals surface area contributed by atoms with Crippen LogP contribution in [0.5, 0.6) is 0 Å². The summed E-state index contributed by atoms with van der Waals surface area (Å²) < 4.78 is 19.8. The van der Waals surface area contributed by atoms with Crippen LogP contribution in [0.2, 0.25) is 0 Å². The minimum Gasteiger partial charge on any atom is -0.502 e. The Bertz CT molecular complexity index is 608. The second kappa shape index (κ2) is 14.9. The van der Waals surface area contributed by atoms with E-state index in [0.29, 0.717) is 38.9 Å². The molecule has 1 aliphatic rings. The van der Waals surface area contributed by atoms with Gasteiger partial charge in [0.15, 0.2) is 0 Å². The van der Waals surface area contributed by atoms with Crippen molar-refractivity contribution in [1.82, 2.24) is 10.2 Å². The number of carbonyl (C=O) groups excluding carboxylic acids is 4. The molecule has 1 saturated heterocycles. The SMILES string of the molecule is C=COCCCCOC(=O)CC(=O)NC1CN1C(=O)CC(=O)OCCCCOC=C. The van der Waals surface area contributed by atoms with Crippen molar-refractivity contribution in [2.24, 2.45) is 0 Å². The molecule has 0 aromatic heterocycles. The maximum absolute atomic E-state index is 12.0. The lowest BCUT2D eigenvalue weighted by Crippen LogP contribution is -2.33. The maximum atomic E-state index is 12.0. The molecule has 30 heavy (non-hydrogen) atoms. The fourth-order valence-corrected chi connectivity index (χ4v) is 2.35. The van der Waals surface area contributed by atoms with Crippen molar-refractivity contribution >= 4 is 23.8 Å². The van der Waals surface area contributed by atoms with Crippen molar-refractivity contribution in [2.75, 3.05) is 33.0 Å². The average Bonchev–Trinajstić information content (AvgIpc) is 3.46. The molecule has 0 radical (unpaired) electrons. The Hall–Kier alpha value is -3.04. The van der Waals surface area contributed by atoms with Gasteiger partial charge < -0.3 is 29.2 Å². The van der Waals surface area contributed by atoms with Crippen LogP contribution in [0.4, 0.5) is 0 Å². The lowest BCUT2D eigenvalue weighted by molar-refractivity contribution is -0.148. The van der Waals surface area contributed by atoms with Crippen LogP contribution < -0.4 is 5.32 Å². The van der Waals surface area contributed by atoms with Crippen molar-refractivity contribution in [3.8, 4) is 0 Å². The van der Waals surface area contributed by atoms with Crippen LogP contribution in [0.3, 0.4) is 0 Å². The number of hydrogen-bond donors (Lipinski definition) is 1. The summed E-state index contributed by atoms with van der Waals surface area (Å²) in [5, 5.41) is 2.54. The second-order valence-corrected chi connectivity index (χ2v) is 6.41. The second-order valence-electron chi connectivity index (χ2n) is 6.41. The van der Waals surface area contributed by atoms with Crippen molar-refractivity contribution in [1.29, 1.82) is 0 Å². The van der Waals surface area contributed by atoms with Crippen LogP contribution in [-0.2, 0) is 38.1 Å². The van der Waals surface area contributed by atoms with E-state index in [0.717, 1.165) is 0 Å². The fraction of sp³-hybridized carbons (Fsp3) is 0.600. The first-order valence-electron chi connectivity index (χ1n) is 9.83. The van der Waals surface area contributed by atoms with Crippen LogP contribution in [0.25, 0.3) is 0 Å². The Morgan fingerprint density at radius 3 is 1.87 bits per heavy atom. The van der Waals surface area contributed by atoms with Crippen molar-refractivity contribution in [3.63, 3.8) is 0 Å². The van der Waals surface area contributed by atoms with E-state index in [4.69, 9.17) is 18.9 Å². The molecule has 1 heterocycles. The minimum atomic E-state index is -0.641. The minimum absolute atomic E-state index is 0.198. The number of unbranched alkanes of at least 4 members (excludes halogenated alkanes) is 2. The van der Waals surface area contributed by atoms with Crippen molar-refractivity contribution in [3.05, 3.63) is 25.7 Å². The zero-order chi connectivity index (χ0) is 22.2. The molecule has 1 unspecified atom stereocenters. The summed E-state index contributed by atoms with van der Waals surface area (Å²) in [5.41, 5.74) is 0. The van der Waals surface area contributed by atoms with E-state index in [-0.39, 0.29) is 19.8 Å². The van der Waals surface area contributed by atoms with Gasteiger partial charge in [-0.05, 0) is 25.7 Å². The molecule has 1 aliphatic heterocycles. The van der Waals surface area contributed by atoms with Crippen LogP contribution in [0, 0.1) is 0 Å². The maximum Gasteiger partial charge on any atom is 0.315 e. The Morgan fingerprint density at radius 2 is 1.33 bits per heavy atom. The Balaban J connectivity index is 2.09. The zero-order valence-electron chi connectivity index (χ0n) is 17.1. The monoisotopic (exact) mass is 426 g/mol. The topological polar surface area (TPSA) is 120 Å². The quantitative estimate of drug-likeness (QED) is 0.120. The summed E-state index contributed by atoms with van der Waals surface area (Å²) in [6.07, 6.45) is 3.99. The van der Waals surface area contributed by atoms with E-state index in [1.165, 1.54) is 17.4 Å². The highest BCUT2D eigenvalue weighted by atomic mass is 16.5. The Kier molecular flexibility index (Phi) is 12.4. The normalized spacial score (nSPS) is 14.3. The van der Waals surface area contributed by atoms with Crippen molar-refractivity contribution < 1.29 is 38.1 Å². The van der Waals surface area contributed by atoms with E-state index in [2.05, 4.69) is 18.5 Å². The van der Waals surface area contributed by atoms with Gasteiger partial charge in [0, 0.05) is 0 Å². The van der Waals surface area contributed by atoms with Gasteiger partial charge in [0.1, 0.15) is 19.0 Å². The van der Waals surface area contributed by atoms with Gasteiger partial charge in [-0.3, -0.25) is 19.2 Å². The highest BCUT2D eigenvalue weighted by Crippen LogP contribution is 2.16. The van der Waals surface area contributed by atoms with Gasteiger partial charge in [-0.2, -0.15) is 0 Å². The molecule has 0 aliphatic carbocycles. The third kappa shape index (κ3) is 11.7. The molecular weight excluding hydrogens is 396 g/mol. The van der Waals surface area contributed by atoms with Crippen molar-refractivity contribution in [2.45, 2.75) is 44.7 Å². The predicted molar refractivity (Wildman–Crippen MR) is 106 cm³/mol. The molecule has 1 atom stereocenters. The van der Waals surface area contributed by atoms with E-state index < -0.39 is 42.8 Å². The van der Waals surface area contributed by atoms with Gasteiger partial charge in [-0.25, -0.2) is 0 Å². The molecule has 0 spiro atoms. The molecule has 0 bridgehead atoms. The van der Waals surface area contributed by atoms with E-state index in [9.17, 15) is 19.2 Å². The van der Waals surface area contributed by atoms with E-state index in [1.54, 1.807) is 0 Å². The van der Waals surface area contributed by atoms with Gasteiger partial charge >= 0.3 is 11.9 Å². The van der Waals surface area contributed by atoms with Gasteiger partial charge in [0.05, 0.1) is 45.5 Å². The van der Waals surface area contributed by atoms with Crippen LogP contribution in [0.1, 0.15) is 38.5 Å². The molecule has 10 nitrogen and oxygen atoms in total. The molecule has 1 rings (SSSR count). The standard InChI is InChI=1S/C20H30N2O8/c1-3-27-9-5-7-11-29-19(25)13-17(23)21-16-15-22(16)18(24)14-20(26)30-12-8-6-10-28-4-2/h3-4,16H,1-2,5-15H2,(H,21,23). The Morgan fingerprint density at radius 1 is 0.833 bits per heavy atom. The lowest BCUT2D eigenvalue weighted by Gasteiger charge is -2.08. The first kappa shape index (κ1) is 25.0. The summed E-state index contributed by atoms with van der Waals surface area (Å²) in [6, 6.07) is 0. The number of amides is 2. The molecule has 1 fully saturated rings. The number of nitrogens with one attached hydrogen (secondary N) is 1. The summed E-state index contributed by atoms with van der Waals surface area (Å²) in [4.78, 5) is 48.4. The number of nitrogens with zero attached hydrogens (tertiary/aromatic N) is 1. The number of esters is 2. The largest absolute Gasteiger partial charge is 0.502 e. The Labute approximate surface area is 176 Å². The summed E-state index contributed by atoms with van der Waals surface area (Å²) in [7, 11) is 0. The number of carbonyl (C=O) groups is 4. The smallest absolute Gasteiger partial charge is 0.315 e. The molecule has 0 aromatic rings. The highest BCUT2D eigenvalue weighted by Gasteiger charge is 2.40. The summed E-state index contributed by atoms with van der Waals surface area (Å²) in [5.74, 6) is -2.24. The predicted octanol–water partition coefficient (Wildman–Crippen LogP) is 1.02. The van der Waals surface area contributed by atoms with E-state index in [1.807, 2.05) is 0 Å². The molecule has 168 valence electrons. The molecule has 1 N–H and O–H groups in total. The third-order valence-electron chi connectivity index (χ3n) is 3.94. The van der Waals surface area contributed by atoms with Crippen LogP contribution >= 0.6 is 0 Å². The van der Waals surface area contributed by atoms with Gasteiger partial charge in [0.25, 0.3) is 0 Å². The number of rotatable bonds is 17. The number of hydrogen-bond acceptors (Lipinski definition) is 8. The zero-order valence-corrected chi connectivity index (χ0v) is 17.1. The van der Waals surface area contributed by atoms with Crippen LogP contribution in [-0.4, -0.2) is 67.8 Å².